The molecule has 0 spiro atoms. The summed E-state index contributed by atoms with van der Waals surface area (Å²) in [6, 6.07) is 9.29. The van der Waals surface area contributed by atoms with Gasteiger partial charge < -0.3 is 19.7 Å². The molecular formula is C19H24N4O3. The van der Waals surface area contributed by atoms with Crippen LogP contribution >= 0.6 is 0 Å². The van der Waals surface area contributed by atoms with Gasteiger partial charge in [0.1, 0.15) is 11.5 Å². The Hall–Kier alpha value is -2.83. The van der Waals surface area contributed by atoms with E-state index in [1.165, 1.54) is 0 Å². The molecule has 1 amide bonds. The van der Waals surface area contributed by atoms with Crippen molar-refractivity contribution in [2.75, 3.05) is 37.5 Å². The van der Waals surface area contributed by atoms with E-state index in [-0.39, 0.29) is 11.8 Å². The number of carbonyl (C=O) groups excluding carboxylic acids is 1. The van der Waals surface area contributed by atoms with Crippen LogP contribution in [0.3, 0.4) is 0 Å². The van der Waals surface area contributed by atoms with E-state index in [1.807, 2.05) is 19.1 Å². The second-order valence-electron chi connectivity index (χ2n) is 6.35. The molecule has 0 saturated carbocycles. The first kappa shape index (κ1) is 18.0. The van der Waals surface area contributed by atoms with Crippen LogP contribution in [0.2, 0.25) is 0 Å². The Morgan fingerprint density at radius 1 is 1.12 bits per heavy atom. The summed E-state index contributed by atoms with van der Waals surface area (Å²) < 4.78 is 10.6. The fourth-order valence-corrected chi connectivity index (χ4v) is 3.08. The number of aryl methyl sites for hydroxylation is 1. The maximum Gasteiger partial charge on any atom is 0.227 e. The molecule has 2 heterocycles. The van der Waals surface area contributed by atoms with E-state index >= 15 is 0 Å². The van der Waals surface area contributed by atoms with Gasteiger partial charge in [-0.1, -0.05) is 0 Å². The van der Waals surface area contributed by atoms with Crippen molar-refractivity contribution in [3.8, 4) is 11.5 Å². The molecule has 0 unspecified atom stereocenters. The SMILES string of the molecule is COc1ccc(OC)c(NC(=O)C2CCN(c3ccc(C)nn3)CC2)c1. The Labute approximate surface area is 153 Å². The number of amides is 1. The molecule has 2 aromatic rings. The van der Waals surface area contributed by atoms with Crippen LogP contribution in [0.4, 0.5) is 11.5 Å². The number of carbonyl (C=O) groups is 1. The van der Waals surface area contributed by atoms with E-state index in [1.54, 1.807) is 32.4 Å². The average Bonchev–Trinajstić information content (AvgIpc) is 2.68. The molecule has 0 bridgehead atoms. The lowest BCUT2D eigenvalue weighted by atomic mass is 9.95. The van der Waals surface area contributed by atoms with Gasteiger partial charge in [-0.3, -0.25) is 4.79 Å². The third-order valence-corrected chi connectivity index (χ3v) is 4.64. The highest BCUT2D eigenvalue weighted by Crippen LogP contribution is 2.30. The minimum Gasteiger partial charge on any atom is -0.497 e. The molecule has 7 heteroatoms. The Morgan fingerprint density at radius 2 is 1.88 bits per heavy atom. The second kappa shape index (κ2) is 8.03. The lowest BCUT2D eigenvalue weighted by molar-refractivity contribution is -0.120. The average molecular weight is 356 g/mol. The Morgan fingerprint density at radius 3 is 2.50 bits per heavy atom. The number of hydrogen-bond acceptors (Lipinski definition) is 6. The molecule has 26 heavy (non-hydrogen) atoms. The van der Waals surface area contributed by atoms with Crippen molar-refractivity contribution in [1.82, 2.24) is 10.2 Å². The number of piperidine rings is 1. The monoisotopic (exact) mass is 356 g/mol. The maximum absolute atomic E-state index is 12.7. The lowest BCUT2D eigenvalue weighted by Crippen LogP contribution is -2.38. The summed E-state index contributed by atoms with van der Waals surface area (Å²) in [7, 11) is 3.18. The largest absolute Gasteiger partial charge is 0.497 e. The van der Waals surface area contributed by atoms with Crippen LogP contribution in [-0.4, -0.2) is 43.4 Å². The fraction of sp³-hybridized carbons (Fsp3) is 0.421. The standard InChI is InChI=1S/C19H24N4O3/c1-13-4-7-18(22-21-13)23-10-8-14(9-11-23)19(24)20-16-12-15(25-2)5-6-17(16)26-3/h4-7,12,14H,8-11H2,1-3H3,(H,20,24). The minimum atomic E-state index is -0.0411. The summed E-state index contributed by atoms with van der Waals surface area (Å²) >= 11 is 0. The number of hydrogen-bond donors (Lipinski definition) is 1. The van der Waals surface area contributed by atoms with Crippen LogP contribution in [0.15, 0.2) is 30.3 Å². The van der Waals surface area contributed by atoms with Gasteiger partial charge in [0, 0.05) is 25.1 Å². The third kappa shape index (κ3) is 4.04. The predicted octanol–water partition coefficient (Wildman–Crippen LogP) is 2.66. The van der Waals surface area contributed by atoms with Crippen LogP contribution in [0.5, 0.6) is 11.5 Å². The highest BCUT2D eigenvalue weighted by molar-refractivity contribution is 5.94. The number of methoxy groups -OCH3 is 2. The molecule has 3 rings (SSSR count). The molecule has 0 radical (unpaired) electrons. The van der Waals surface area contributed by atoms with Crippen LogP contribution in [-0.2, 0) is 4.79 Å². The van der Waals surface area contributed by atoms with E-state index in [4.69, 9.17) is 9.47 Å². The van der Waals surface area contributed by atoms with Crippen molar-refractivity contribution in [3.63, 3.8) is 0 Å². The van der Waals surface area contributed by atoms with Crippen molar-refractivity contribution in [1.29, 1.82) is 0 Å². The summed E-state index contributed by atoms with van der Waals surface area (Å²) in [4.78, 5) is 14.8. The van der Waals surface area contributed by atoms with Crippen molar-refractivity contribution in [3.05, 3.63) is 36.0 Å². The highest BCUT2D eigenvalue weighted by Gasteiger charge is 2.26. The summed E-state index contributed by atoms with van der Waals surface area (Å²) in [5.41, 5.74) is 1.53. The summed E-state index contributed by atoms with van der Waals surface area (Å²) in [5.74, 6) is 2.12. The van der Waals surface area contributed by atoms with Crippen molar-refractivity contribution >= 4 is 17.4 Å². The van der Waals surface area contributed by atoms with Crippen LogP contribution in [0.1, 0.15) is 18.5 Å². The molecule has 1 N–H and O–H groups in total. The molecule has 1 aliphatic heterocycles. The van der Waals surface area contributed by atoms with Gasteiger partial charge in [-0.15, -0.1) is 5.10 Å². The summed E-state index contributed by atoms with van der Waals surface area (Å²) in [6.45, 7) is 3.48. The Bertz CT molecular complexity index is 756. The minimum absolute atomic E-state index is 0.00573. The molecular weight excluding hydrogens is 332 g/mol. The van der Waals surface area contributed by atoms with Crippen molar-refractivity contribution < 1.29 is 14.3 Å². The molecule has 1 aromatic carbocycles. The molecule has 138 valence electrons. The van der Waals surface area contributed by atoms with Gasteiger partial charge in [0.05, 0.1) is 25.6 Å². The van der Waals surface area contributed by atoms with Gasteiger partial charge in [0.25, 0.3) is 0 Å². The van der Waals surface area contributed by atoms with Crippen LogP contribution in [0, 0.1) is 12.8 Å². The van der Waals surface area contributed by atoms with Gasteiger partial charge in [-0.2, -0.15) is 5.10 Å². The topological polar surface area (TPSA) is 76.6 Å². The molecule has 1 aliphatic rings. The maximum atomic E-state index is 12.7. The van der Waals surface area contributed by atoms with E-state index in [2.05, 4.69) is 20.4 Å². The molecule has 0 aliphatic carbocycles. The molecule has 1 fully saturated rings. The molecule has 1 aromatic heterocycles. The fourth-order valence-electron chi connectivity index (χ4n) is 3.08. The van der Waals surface area contributed by atoms with Gasteiger partial charge in [-0.25, -0.2) is 0 Å². The van der Waals surface area contributed by atoms with Gasteiger partial charge in [0.15, 0.2) is 5.82 Å². The molecule has 7 nitrogen and oxygen atoms in total. The van der Waals surface area contributed by atoms with Crippen LogP contribution in [0.25, 0.3) is 0 Å². The first-order valence-electron chi connectivity index (χ1n) is 8.69. The summed E-state index contributed by atoms with van der Waals surface area (Å²) in [6.07, 6.45) is 1.54. The normalized spacial score (nSPS) is 14.8. The number of anilines is 2. The van der Waals surface area contributed by atoms with E-state index in [0.717, 1.165) is 37.4 Å². The quantitative estimate of drug-likeness (QED) is 0.888. The molecule has 0 atom stereocenters. The summed E-state index contributed by atoms with van der Waals surface area (Å²) in [5, 5.41) is 11.3. The highest BCUT2D eigenvalue weighted by atomic mass is 16.5. The smallest absolute Gasteiger partial charge is 0.227 e. The zero-order chi connectivity index (χ0) is 18.5. The van der Waals surface area contributed by atoms with Gasteiger partial charge in [-0.05, 0) is 44.0 Å². The third-order valence-electron chi connectivity index (χ3n) is 4.64. The predicted molar refractivity (Wildman–Crippen MR) is 99.9 cm³/mol. The first-order valence-corrected chi connectivity index (χ1v) is 8.69. The zero-order valence-electron chi connectivity index (χ0n) is 15.4. The molecule has 1 saturated heterocycles. The second-order valence-corrected chi connectivity index (χ2v) is 6.35. The Balaban J connectivity index is 1.61. The van der Waals surface area contributed by atoms with Gasteiger partial charge in [0.2, 0.25) is 5.91 Å². The zero-order valence-corrected chi connectivity index (χ0v) is 15.4. The number of aromatic nitrogens is 2. The number of rotatable bonds is 5. The van der Waals surface area contributed by atoms with E-state index in [9.17, 15) is 4.79 Å². The number of nitrogens with one attached hydrogen (secondary N) is 1. The van der Waals surface area contributed by atoms with E-state index in [0.29, 0.717) is 17.2 Å². The van der Waals surface area contributed by atoms with Crippen molar-refractivity contribution in [2.45, 2.75) is 19.8 Å². The van der Waals surface area contributed by atoms with Gasteiger partial charge >= 0.3 is 0 Å². The number of benzene rings is 1. The number of ether oxygens (including phenoxy) is 2. The van der Waals surface area contributed by atoms with E-state index < -0.39 is 0 Å². The van der Waals surface area contributed by atoms with Crippen molar-refractivity contribution in [2.24, 2.45) is 5.92 Å². The first-order chi connectivity index (χ1) is 12.6. The Kier molecular flexibility index (Phi) is 5.55. The number of nitrogens with zero attached hydrogens (tertiary/aromatic N) is 3. The lowest BCUT2D eigenvalue weighted by Gasteiger charge is -2.31. The van der Waals surface area contributed by atoms with Crippen LogP contribution < -0.4 is 19.7 Å².